The largest absolute Gasteiger partial charge is 0.492 e. The van der Waals surface area contributed by atoms with Gasteiger partial charge in [0, 0.05) is 5.56 Å². The Morgan fingerprint density at radius 1 is 1.38 bits per heavy atom. The molecule has 1 aliphatic heterocycles. The highest BCUT2D eigenvalue weighted by Crippen LogP contribution is 2.33. The zero-order chi connectivity index (χ0) is 12.1. The summed E-state index contributed by atoms with van der Waals surface area (Å²) in [7, 11) is -1.02. The molecule has 0 fully saturated rings. The van der Waals surface area contributed by atoms with E-state index in [1.165, 1.54) is 6.07 Å². The number of hydrogen-bond donors (Lipinski definition) is 1. The van der Waals surface area contributed by atoms with Gasteiger partial charge in [0.2, 0.25) is 0 Å². The molecule has 0 atom stereocenters. The molecular weight excluding hydrogens is 206 g/mol. The second-order valence-corrected chi connectivity index (χ2v) is 5.10. The lowest BCUT2D eigenvalue weighted by Gasteiger charge is -2.20. The molecule has 0 bridgehead atoms. The Bertz CT molecular complexity index is 429. The lowest BCUT2D eigenvalue weighted by molar-refractivity contribution is 0.0974. The van der Waals surface area contributed by atoms with E-state index in [2.05, 4.69) is 0 Å². The molecule has 2 nitrogen and oxygen atoms in total. The Balaban J connectivity index is 2.62. The molecule has 2 rings (SSSR count). The third kappa shape index (κ3) is 1.66. The maximum atomic E-state index is 14.0. The lowest BCUT2D eigenvalue weighted by Crippen LogP contribution is -2.29. The fourth-order valence-corrected chi connectivity index (χ4v) is 2.21. The summed E-state index contributed by atoms with van der Waals surface area (Å²) >= 11 is 0. The van der Waals surface area contributed by atoms with Crippen molar-refractivity contribution >= 4 is 12.6 Å². The van der Waals surface area contributed by atoms with Gasteiger partial charge in [-0.05, 0) is 36.9 Å². The molecule has 1 aliphatic rings. The maximum Gasteiger partial charge on any atom is 0.492 e. The Morgan fingerprint density at radius 2 is 2.00 bits per heavy atom. The first-order valence-corrected chi connectivity index (χ1v) is 5.52. The van der Waals surface area contributed by atoms with Gasteiger partial charge in [0.05, 0.1) is 5.60 Å². The smallest absolute Gasteiger partial charge is 0.423 e. The van der Waals surface area contributed by atoms with Crippen LogP contribution in [0, 0.1) is 5.82 Å². The van der Waals surface area contributed by atoms with Gasteiger partial charge in [0.25, 0.3) is 0 Å². The number of fused-ring (bicyclic) bond motifs is 1. The standard InChI is InChI=1S/C12H16BFO2/c1-7(2)8-5-9-11(10(14)6-8)12(3,4)16-13(9)15/h5-7,15H,1-4H3. The van der Waals surface area contributed by atoms with E-state index in [-0.39, 0.29) is 11.7 Å². The maximum absolute atomic E-state index is 14.0. The van der Waals surface area contributed by atoms with Crippen LogP contribution in [0.5, 0.6) is 0 Å². The van der Waals surface area contributed by atoms with E-state index in [4.69, 9.17) is 4.65 Å². The minimum Gasteiger partial charge on any atom is -0.423 e. The summed E-state index contributed by atoms with van der Waals surface area (Å²) in [6.07, 6.45) is 0. The zero-order valence-corrected chi connectivity index (χ0v) is 10.0. The van der Waals surface area contributed by atoms with Crippen LogP contribution >= 0.6 is 0 Å². The van der Waals surface area contributed by atoms with Crippen LogP contribution in [0.1, 0.15) is 44.7 Å². The average Bonchev–Trinajstić information content (AvgIpc) is 2.37. The van der Waals surface area contributed by atoms with E-state index >= 15 is 0 Å². The summed E-state index contributed by atoms with van der Waals surface area (Å²) in [5.41, 5.74) is 1.17. The molecule has 0 saturated carbocycles. The van der Waals surface area contributed by atoms with Crippen molar-refractivity contribution in [3.05, 3.63) is 29.1 Å². The molecule has 1 N–H and O–H groups in total. The molecule has 1 aromatic carbocycles. The molecule has 1 heterocycles. The monoisotopic (exact) mass is 222 g/mol. The Kier molecular flexibility index (Phi) is 2.59. The van der Waals surface area contributed by atoms with Crippen molar-refractivity contribution in [2.75, 3.05) is 0 Å². The molecule has 0 unspecified atom stereocenters. The van der Waals surface area contributed by atoms with E-state index in [0.29, 0.717) is 11.0 Å². The molecule has 0 aromatic heterocycles. The summed E-state index contributed by atoms with van der Waals surface area (Å²) in [4.78, 5) is 0. The van der Waals surface area contributed by atoms with Gasteiger partial charge < -0.3 is 9.68 Å². The molecule has 86 valence electrons. The van der Waals surface area contributed by atoms with Gasteiger partial charge in [-0.3, -0.25) is 0 Å². The summed E-state index contributed by atoms with van der Waals surface area (Å²) in [6, 6.07) is 3.37. The molecule has 0 saturated heterocycles. The van der Waals surface area contributed by atoms with Crippen LogP contribution < -0.4 is 5.46 Å². The van der Waals surface area contributed by atoms with Crippen LogP contribution in [0.15, 0.2) is 12.1 Å². The Morgan fingerprint density at radius 3 is 2.56 bits per heavy atom. The van der Waals surface area contributed by atoms with Gasteiger partial charge in [0.15, 0.2) is 0 Å². The number of halogens is 1. The van der Waals surface area contributed by atoms with Gasteiger partial charge >= 0.3 is 7.12 Å². The highest BCUT2D eigenvalue weighted by molar-refractivity contribution is 6.62. The third-order valence-corrected chi connectivity index (χ3v) is 3.08. The highest BCUT2D eigenvalue weighted by atomic mass is 19.1. The normalized spacial score (nSPS) is 18.1. The van der Waals surface area contributed by atoms with Crippen molar-refractivity contribution in [3.8, 4) is 0 Å². The van der Waals surface area contributed by atoms with Crippen LogP contribution in [0.25, 0.3) is 0 Å². The van der Waals surface area contributed by atoms with Crippen molar-refractivity contribution < 1.29 is 14.1 Å². The van der Waals surface area contributed by atoms with Crippen molar-refractivity contribution in [3.63, 3.8) is 0 Å². The zero-order valence-electron chi connectivity index (χ0n) is 10.0. The molecule has 0 radical (unpaired) electrons. The van der Waals surface area contributed by atoms with Crippen molar-refractivity contribution in [1.82, 2.24) is 0 Å². The molecular formula is C12H16BFO2. The first-order valence-electron chi connectivity index (χ1n) is 5.52. The van der Waals surface area contributed by atoms with E-state index < -0.39 is 12.7 Å². The second kappa shape index (κ2) is 3.57. The topological polar surface area (TPSA) is 29.5 Å². The number of hydrogen-bond acceptors (Lipinski definition) is 2. The summed E-state index contributed by atoms with van der Waals surface area (Å²) in [5, 5.41) is 9.76. The lowest BCUT2D eigenvalue weighted by atomic mass is 9.76. The van der Waals surface area contributed by atoms with Crippen LogP contribution in [0.3, 0.4) is 0 Å². The summed E-state index contributed by atoms with van der Waals surface area (Å²) in [5.74, 6) is -0.0570. The van der Waals surface area contributed by atoms with Crippen LogP contribution in [0.4, 0.5) is 4.39 Å². The SMILES string of the molecule is CC(C)c1cc(F)c2c(c1)B(O)OC2(C)C. The van der Waals surface area contributed by atoms with E-state index in [1.807, 2.05) is 19.9 Å². The molecule has 1 aromatic rings. The molecule has 0 aliphatic carbocycles. The van der Waals surface area contributed by atoms with E-state index in [0.717, 1.165) is 5.56 Å². The van der Waals surface area contributed by atoms with Crippen molar-refractivity contribution in [2.24, 2.45) is 0 Å². The fraction of sp³-hybridized carbons (Fsp3) is 0.500. The summed E-state index contributed by atoms with van der Waals surface area (Å²) in [6.45, 7) is 7.52. The van der Waals surface area contributed by atoms with Gasteiger partial charge in [-0.25, -0.2) is 4.39 Å². The van der Waals surface area contributed by atoms with E-state index in [9.17, 15) is 9.41 Å². The highest BCUT2D eigenvalue weighted by Gasteiger charge is 2.43. The van der Waals surface area contributed by atoms with Gasteiger partial charge in [-0.2, -0.15) is 0 Å². The minimum absolute atomic E-state index is 0.232. The van der Waals surface area contributed by atoms with Crippen LogP contribution in [-0.2, 0) is 10.3 Å². The first-order chi connectivity index (χ1) is 7.33. The predicted molar refractivity (Wildman–Crippen MR) is 62.2 cm³/mol. The molecule has 0 spiro atoms. The molecule has 4 heteroatoms. The Labute approximate surface area is 95.6 Å². The average molecular weight is 222 g/mol. The van der Waals surface area contributed by atoms with Gasteiger partial charge in [-0.15, -0.1) is 0 Å². The number of benzene rings is 1. The predicted octanol–water partition coefficient (Wildman–Crippen LogP) is 1.90. The van der Waals surface area contributed by atoms with Crippen molar-refractivity contribution in [1.29, 1.82) is 0 Å². The third-order valence-electron chi connectivity index (χ3n) is 3.08. The summed E-state index contributed by atoms with van der Waals surface area (Å²) < 4.78 is 19.3. The first kappa shape index (κ1) is 11.6. The quantitative estimate of drug-likeness (QED) is 0.735. The fourth-order valence-electron chi connectivity index (χ4n) is 2.21. The minimum atomic E-state index is -1.02. The second-order valence-electron chi connectivity index (χ2n) is 5.10. The van der Waals surface area contributed by atoms with Crippen molar-refractivity contribution in [2.45, 2.75) is 39.2 Å². The number of rotatable bonds is 1. The Hall–Kier alpha value is -0.865. The van der Waals surface area contributed by atoms with Crippen LogP contribution in [0.2, 0.25) is 0 Å². The van der Waals surface area contributed by atoms with Crippen LogP contribution in [-0.4, -0.2) is 12.1 Å². The molecule has 0 amide bonds. The van der Waals surface area contributed by atoms with Gasteiger partial charge in [-0.1, -0.05) is 19.9 Å². The van der Waals surface area contributed by atoms with Gasteiger partial charge in [0.1, 0.15) is 5.82 Å². The molecule has 16 heavy (non-hydrogen) atoms. The van der Waals surface area contributed by atoms with E-state index in [1.54, 1.807) is 13.8 Å².